The van der Waals surface area contributed by atoms with Gasteiger partial charge in [-0.3, -0.25) is 9.59 Å². The summed E-state index contributed by atoms with van der Waals surface area (Å²) in [6, 6.07) is 17.8. The molecule has 0 amide bonds. The Kier molecular flexibility index (Phi) is 24.1. The number of rotatable bonds is 36. The molecule has 1 aliphatic rings. The maximum absolute atomic E-state index is 16.7. The van der Waals surface area contributed by atoms with Gasteiger partial charge in [-0.1, -0.05) is 48.5 Å². The first kappa shape index (κ1) is 60.0. The standard InChI is InChI=1S/C54H84O14Si4/c1-13-57-69(58-14-2,59-15-3)37-33-45-41-29-25-26-30-42(41)46(34-38-70(60-16-4,61-17-5)62-18-6)50-49(45)53(55)51-47(35-39-71(63-19-7,64-20-8)65-21-9)43-31-27-28-32-44(43)48(52(51)54(50)56)36-40-72(66-22-10,67-23-11)68-24-12/h25-32H,13-24,33-40H2,1-12H3. The monoisotopic (exact) mass is 1070 g/mol. The molecule has 0 N–H and O–H groups in total. The van der Waals surface area contributed by atoms with E-state index in [0.717, 1.165) is 43.8 Å². The van der Waals surface area contributed by atoms with Crippen LogP contribution in [0.25, 0.3) is 21.5 Å². The molecule has 400 valence electrons. The Bertz CT molecular complexity index is 1990. The van der Waals surface area contributed by atoms with Crippen molar-refractivity contribution in [1.29, 1.82) is 0 Å². The van der Waals surface area contributed by atoms with Crippen molar-refractivity contribution in [3.63, 3.8) is 0 Å². The van der Waals surface area contributed by atoms with Crippen LogP contribution in [0.1, 0.15) is 137 Å². The Morgan fingerprint density at radius 3 is 0.569 bits per heavy atom. The fourth-order valence-electron chi connectivity index (χ4n) is 10.6. The highest BCUT2D eigenvalue weighted by molar-refractivity contribution is 6.62. The first-order valence-corrected chi connectivity index (χ1v) is 34.5. The molecule has 0 bridgehead atoms. The van der Waals surface area contributed by atoms with E-state index in [-0.39, 0.29) is 11.6 Å². The average molecular weight is 1070 g/mol. The summed E-state index contributed by atoms with van der Waals surface area (Å²) >= 11 is 0. The molecule has 72 heavy (non-hydrogen) atoms. The maximum Gasteiger partial charge on any atom is 0.501 e. The second-order valence-corrected chi connectivity index (χ2v) is 28.0. The Labute approximate surface area is 434 Å². The Morgan fingerprint density at radius 2 is 0.431 bits per heavy atom. The summed E-state index contributed by atoms with van der Waals surface area (Å²) < 4.78 is 77.0. The third-order valence-electron chi connectivity index (χ3n) is 12.9. The third-order valence-corrected chi connectivity index (χ3v) is 25.1. The highest BCUT2D eigenvalue weighted by Gasteiger charge is 2.47. The minimum atomic E-state index is -3.28. The van der Waals surface area contributed by atoms with Gasteiger partial charge in [0.15, 0.2) is 11.6 Å². The predicted molar refractivity (Wildman–Crippen MR) is 291 cm³/mol. The van der Waals surface area contributed by atoms with Crippen LogP contribution in [0.5, 0.6) is 0 Å². The maximum atomic E-state index is 16.7. The smallest absolute Gasteiger partial charge is 0.374 e. The lowest BCUT2D eigenvalue weighted by molar-refractivity contribution is 0.0705. The van der Waals surface area contributed by atoms with E-state index in [1.54, 1.807) is 0 Å². The molecule has 0 saturated carbocycles. The van der Waals surface area contributed by atoms with Gasteiger partial charge in [-0.05, 0) is 153 Å². The highest BCUT2D eigenvalue weighted by atomic mass is 28.4. The Morgan fingerprint density at radius 1 is 0.278 bits per heavy atom. The van der Waals surface area contributed by atoms with E-state index in [4.69, 9.17) is 53.1 Å². The summed E-state index contributed by atoms with van der Waals surface area (Å²) in [7, 11) is -13.1. The number of aryl methyl sites for hydroxylation is 4. The minimum absolute atomic E-state index is 0.220. The molecule has 5 rings (SSSR count). The largest absolute Gasteiger partial charge is 0.501 e. The van der Waals surface area contributed by atoms with Crippen LogP contribution in [0, 0.1) is 0 Å². The predicted octanol–water partition coefficient (Wildman–Crippen LogP) is 11.1. The van der Waals surface area contributed by atoms with Crippen LogP contribution in [0.2, 0.25) is 24.2 Å². The molecule has 0 heterocycles. The van der Waals surface area contributed by atoms with Crippen molar-refractivity contribution in [2.24, 2.45) is 0 Å². The lowest BCUT2D eigenvalue weighted by Crippen LogP contribution is -2.47. The molecule has 0 saturated heterocycles. The first-order valence-electron chi connectivity index (χ1n) is 26.8. The van der Waals surface area contributed by atoms with Crippen molar-refractivity contribution >= 4 is 68.3 Å². The van der Waals surface area contributed by atoms with Crippen molar-refractivity contribution < 1.29 is 62.7 Å². The van der Waals surface area contributed by atoms with Gasteiger partial charge in [0, 0.05) is 126 Å². The molecule has 1 aliphatic carbocycles. The van der Waals surface area contributed by atoms with Crippen LogP contribution in [0.3, 0.4) is 0 Å². The van der Waals surface area contributed by atoms with Gasteiger partial charge in [-0.25, -0.2) is 0 Å². The van der Waals surface area contributed by atoms with Crippen molar-refractivity contribution in [3.8, 4) is 0 Å². The molecule has 0 fully saturated rings. The molecule has 4 aromatic carbocycles. The second-order valence-electron chi connectivity index (χ2n) is 17.1. The number of carbonyl (C=O) groups excluding carboxylic acids is 2. The molecule has 0 aromatic heterocycles. The van der Waals surface area contributed by atoms with E-state index < -0.39 is 35.2 Å². The summed E-state index contributed by atoms with van der Waals surface area (Å²) in [6.07, 6.45) is 1.43. The van der Waals surface area contributed by atoms with Crippen LogP contribution in [-0.2, 0) is 78.8 Å². The molecule has 0 atom stereocenters. The zero-order chi connectivity index (χ0) is 52.4. The third kappa shape index (κ3) is 13.6. The van der Waals surface area contributed by atoms with Gasteiger partial charge in [0.2, 0.25) is 0 Å². The van der Waals surface area contributed by atoms with Gasteiger partial charge < -0.3 is 53.1 Å². The molecule has 4 aromatic rings. The van der Waals surface area contributed by atoms with E-state index in [1.165, 1.54) is 0 Å². The number of benzene rings is 4. The summed E-state index contributed by atoms with van der Waals surface area (Å²) in [5, 5.41) is 3.50. The lowest BCUT2D eigenvalue weighted by atomic mass is 9.72. The minimum Gasteiger partial charge on any atom is -0.374 e. The summed E-state index contributed by atoms with van der Waals surface area (Å²) in [4.78, 5) is 33.3. The zero-order valence-corrected chi connectivity index (χ0v) is 49.5. The van der Waals surface area contributed by atoms with E-state index in [1.807, 2.05) is 107 Å². The lowest BCUT2D eigenvalue weighted by Gasteiger charge is -2.33. The molecule has 0 radical (unpaired) electrons. The molecule has 0 unspecified atom stereocenters. The first-order chi connectivity index (χ1) is 34.9. The summed E-state index contributed by atoms with van der Waals surface area (Å²) in [5.41, 5.74) is 4.56. The summed E-state index contributed by atoms with van der Waals surface area (Å²) in [6.45, 7) is 28.0. The SMILES string of the molecule is CCO[Si](CCc1c2c(c(CC[Si](OCC)(OCC)OCC)c3ccccc13)C(=O)c1c(c(CC[Si](OCC)(OCC)OCC)c3ccccc3c1CC[Si](OCC)(OCC)OCC)C2=O)(OCC)OCC. The van der Waals surface area contributed by atoms with Gasteiger partial charge in [0.25, 0.3) is 0 Å². The quantitative estimate of drug-likeness (QED) is 0.0351. The van der Waals surface area contributed by atoms with Crippen LogP contribution >= 0.6 is 0 Å². The number of hydrogen-bond donors (Lipinski definition) is 0. The average Bonchev–Trinajstić information content (AvgIpc) is 3.36. The van der Waals surface area contributed by atoms with Gasteiger partial charge in [0.1, 0.15) is 0 Å². The van der Waals surface area contributed by atoms with Crippen LogP contribution < -0.4 is 0 Å². The Hall–Kier alpha value is -2.87. The van der Waals surface area contributed by atoms with Gasteiger partial charge in [0.05, 0.1) is 0 Å². The molecular formula is C54H84O14Si4. The highest BCUT2D eigenvalue weighted by Crippen LogP contribution is 2.45. The number of hydrogen-bond acceptors (Lipinski definition) is 14. The van der Waals surface area contributed by atoms with Crippen LogP contribution in [0.4, 0.5) is 0 Å². The number of carbonyl (C=O) groups is 2. The van der Waals surface area contributed by atoms with E-state index in [9.17, 15) is 0 Å². The van der Waals surface area contributed by atoms with Crippen molar-refractivity contribution in [1.82, 2.24) is 0 Å². The van der Waals surface area contributed by atoms with Gasteiger partial charge in [-0.2, -0.15) is 0 Å². The number of ketones is 2. The van der Waals surface area contributed by atoms with Crippen molar-refractivity contribution in [2.75, 3.05) is 79.3 Å². The van der Waals surface area contributed by atoms with Crippen LogP contribution in [0.15, 0.2) is 48.5 Å². The summed E-state index contributed by atoms with van der Waals surface area (Å²) in [5.74, 6) is -0.440. The van der Waals surface area contributed by atoms with Gasteiger partial charge >= 0.3 is 35.2 Å². The van der Waals surface area contributed by atoms with E-state index in [2.05, 4.69) is 24.3 Å². The van der Waals surface area contributed by atoms with E-state index in [0.29, 0.717) is 151 Å². The Balaban J connectivity index is 1.95. The van der Waals surface area contributed by atoms with Crippen LogP contribution in [-0.4, -0.2) is 126 Å². The zero-order valence-electron chi connectivity index (χ0n) is 45.5. The van der Waals surface area contributed by atoms with Gasteiger partial charge in [-0.15, -0.1) is 0 Å². The molecule has 18 heteroatoms. The van der Waals surface area contributed by atoms with Crippen molar-refractivity contribution in [2.45, 2.75) is 133 Å². The fourth-order valence-corrected chi connectivity index (χ4v) is 20.8. The molecule has 14 nitrogen and oxygen atoms in total. The topological polar surface area (TPSA) is 145 Å². The van der Waals surface area contributed by atoms with Crippen molar-refractivity contribution in [3.05, 3.63) is 93.0 Å². The normalized spacial score (nSPS) is 13.4. The molecular weight excluding hydrogens is 985 g/mol. The van der Waals surface area contributed by atoms with E-state index >= 15 is 9.59 Å². The number of fused-ring (bicyclic) bond motifs is 4. The fraction of sp³-hybridized carbons (Fsp3) is 0.593. The second kappa shape index (κ2) is 28.9. The molecule has 0 aliphatic heterocycles. The molecule has 0 spiro atoms.